The molecule has 0 amide bonds. The van der Waals surface area contributed by atoms with Crippen LogP contribution in [0.4, 0.5) is 0 Å². The summed E-state index contributed by atoms with van der Waals surface area (Å²) < 4.78 is 27.1. The summed E-state index contributed by atoms with van der Waals surface area (Å²) in [5.74, 6) is 7.12. The molecule has 2 aliphatic heterocycles. The second-order valence-electron chi connectivity index (χ2n) is 13.5. The molecule has 5 saturated carbocycles. The summed E-state index contributed by atoms with van der Waals surface area (Å²) in [6.07, 6.45) is 13.1. The van der Waals surface area contributed by atoms with Gasteiger partial charge in [-0.3, -0.25) is 4.21 Å². The van der Waals surface area contributed by atoms with Gasteiger partial charge in [0.25, 0.3) is 0 Å². The van der Waals surface area contributed by atoms with Crippen molar-refractivity contribution >= 4 is 15.6 Å². The molecular weight excluding hydrogens is 512 g/mol. The minimum atomic E-state index is -2.07. The predicted octanol–water partition coefficient (Wildman–Crippen LogP) is 4.82. The van der Waals surface area contributed by atoms with Gasteiger partial charge in [0.2, 0.25) is 11.6 Å². The molecule has 2 spiro atoms. The molecule has 0 aromatic heterocycles. The second kappa shape index (κ2) is 10.3. The highest BCUT2D eigenvalue weighted by Gasteiger charge is 2.66. The van der Waals surface area contributed by atoms with Crippen LogP contribution in [-0.4, -0.2) is 76.4 Å². The molecule has 1 atom stereocenters. The van der Waals surface area contributed by atoms with Crippen LogP contribution < -0.4 is 4.74 Å². The van der Waals surface area contributed by atoms with E-state index in [4.69, 9.17) is 19.2 Å². The summed E-state index contributed by atoms with van der Waals surface area (Å²) in [5.41, 5.74) is 1.39. The SMILES string of the molecule is C=S(C)(=O)N1CCN(CCCOc2ccc(C3CCC4(CC3)OOC3(O4)C4CC5CC(C4)CC3C5)cc2)CC1. The lowest BCUT2D eigenvalue weighted by Gasteiger charge is -2.57. The number of piperazine rings is 1. The molecule has 216 valence electrons. The van der Waals surface area contributed by atoms with Crippen LogP contribution in [0.1, 0.15) is 75.7 Å². The van der Waals surface area contributed by atoms with Gasteiger partial charge in [-0.1, -0.05) is 12.1 Å². The van der Waals surface area contributed by atoms with Crippen molar-refractivity contribution in [3.05, 3.63) is 29.8 Å². The zero-order chi connectivity index (χ0) is 26.7. The molecule has 4 bridgehead atoms. The topological polar surface area (TPSA) is 60.5 Å². The van der Waals surface area contributed by atoms with Crippen LogP contribution in [0.15, 0.2) is 24.3 Å². The van der Waals surface area contributed by atoms with E-state index in [0.29, 0.717) is 24.4 Å². The minimum Gasteiger partial charge on any atom is -0.494 e. The quantitative estimate of drug-likeness (QED) is 0.272. The van der Waals surface area contributed by atoms with Crippen LogP contribution >= 0.6 is 0 Å². The predicted molar refractivity (Wildman–Crippen MR) is 153 cm³/mol. The van der Waals surface area contributed by atoms with Gasteiger partial charge in [-0.25, -0.2) is 4.31 Å². The highest BCUT2D eigenvalue weighted by atomic mass is 32.2. The average Bonchev–Trinajstić information content (AvgIpc) is 3.30. The largest absolute Gasteiger partial charge is 0.494 e. The molecule has 7 fully saturated rings. The van der Waals surface area contributed by atoms with Crippen LogP contribution in [0.5, 0.6) is 5.75 Å². The van der Waals surface area contributed by atoms with Crippen molar-refractivity contribution in [2.24, 2.45) is 23.7 Å². The molecule has 2 heterocycles. The van der Waals surface area contributed by atoms with Crippen LogP contribution in [-0.2, 0) is 24.2 Å². The summed E-state index contributed by atoms with van der Waals surface area (Å²) in [7, 11) is -2.07. The van der Waals surface area contributed by atoms with Crippen molar-refractivity contribution in [2.45, 2.75) is 81.7 Å². The molecule has 5 aliphatic carbocycles. The van der Waals surface area contributed by atoms with Crippen molar-refractivity contribution < 1.29 is 23.5 Å². The van der Waals surface area contributed by atoms with Crippen molar-refractivity contribution in [1.29, 1.82) is 0 Å². The molecule has 2 saturated heterocycles. The molecule has 7 nitrogen and oxygen atoms in total. The van der Waals surface area contributed by atoms with Gasteiger partial charge < -0.3 is 14.4 Å². The van der Waals surface area contributed by atoms with Gasteiger partial charge in [0.05, 0.1) is 6.61 Å². The van der Waals surface area contributed by atoms with E-state index in [1.807, 2.05) is 4.31 Å². The number of hydrogen-bond acceptors (Lipinski definition) is 6. The molecular formula is C31H46N2O5S. The Balaban J connectivity index is 0.856. The standard InChI is InChI=1S/C31H46N2O5S/c1-39(2,34)33-15-13-32(14-16-33)12-3-17-35-29-6-4-25(5-7-29)26-8-10-30(11-9-26)36-31(38-37-30)27-19-23-18-24(21-27)22-28(31)20-23/h4-7,23-24,26-28H,1,3,8-22H2,2H3. The fraction of sp³-hybridized carbons (Fsp3) is 0.774. The zero-order valence-corrected chi connectivity index (χ0v) is 24.4. The van der Waals surface area contributed by atoms with E-state index < -0.39 is 21.3 Å². The van der Waals surface area contributed by atoms with Crippen LogP contribution in [0.25, 0.3) is 0 Å². The lowest BCUT2D eigenvalue weighted by Crippen LogP contribution is -2.59. The van der Waals surface area contributed by atoms with Gasteiger partial charge in [0.1, 0.15) is 5.75 Å². The number of nitrogens with zero attached hydrogens (tertiary/aromatic N) is 2. The third-order valence-electron chi connectivity index (χ3n) is 10.8. The molecule has 1 unspecified atom stereocenters. The normalized spacial score (nSPS) is 41.8. The summed E-state index contributed by atoms with van der Waals surface area (Å²) in [6, 6.07) is 8.73. The molecule has 7 aliphatic rings. The molecule has 0 N–H and O–H groups in total. The maximum Gasteiger partial charge on any atom is 0.210 e. The Morgan fingerprint density at radius 1 is 0.949 bits per heavy atom. The van der Waals surface area contributed by atoms with Crippen molar-refractivity contribution in [1.82, 2.24) is 9.21 Å². The van der Waals surface area contributed by atoms with Gasteiger partial charge in [-0.05, 0) is 92.7 Å². The molecule has 1 aromatic rings. The molecule has 8 rings (SSSR count). The first-order chi connectivity index (χ1) is 18.8. The Hall–Kier alpha value is -1.16. The minimum absolute atomic E-state index is 0.459. The lowest BCUT2D eigenvalue weighted by molar-refractivity contribution is -0.390. The third-order valence-corrected chi connectivity index (χ3v) is 12.3. The van der Waals surface area contributed by atoms with Crippen molar-refractivity contribution in [3.63, 3.8) is 0 Å². The van der Waals surface area contributed by atoms with Crippen LogP contribution in [0.3, 0.4) is 0 Å². The Labute approximate surface area is 234 Å². The summed E-state index contributed by atoms with van der Waals surface area (Å²) in [4.78, 5) is 14.8. The first-order valence-corrected chi connectivity index (χ1v) is 17.5. The maximum atomic E-state index is 12.1. The summed E-state index contributed by atoms with van der Waals surface area (Å²) in [5, 5.41) is 0. The summed E-state index contributed by atoms with van der Waals surface area (Å²) in [6.45, 7) is 5.28. The fourth-order valence-electron chi connectivity index (χ4n) is 8.84. The number of hydrogen-bond donors (Lipinski definition) is 0. The second-order valence-corrected chi connectivity index (χ2v) is 15.9. The monoisotopic (exact) mass is 558 g/mol. The number of ether oxygens (including phenoxy) is 2. The molecule has 39 heavy (non-hydrogen) atoms. The third kappa shape index (κ3) is 5.19. The van der Waals surface area contributed by atoms with Crippen LogP contribution in [0, 0.1) is 23.7 Å². The van der Waals surface area contributed by atoms with Gasteiger partial charge >= 0.3 is 0 Å². The highest BCUT2D eigenvalue weighted by molar-refractivity contribution is 7.97. The van der Waals surface area contributed by atoms with E-state index in [1.54, 1.807) is 6.26 Å². The van der Waals surface area contributed by atoms with E-state index in [1.165, 1.54) is 37.7 Å². The first kappa shape index (κ1) is 26.7. The van der Waals surface area contributed by atoms with E-state index >= 15 is 0 Å². The van der Waals surface area contributed by atoms with Gasteiger partial charge in [-0.2, -0.15) is 9.78 Å². The van der Waals surface area contributed by atoms with Crippen LogP contribution in [0.2, 0.25) is 0 Å². The van der Waals surface area contributed by atoms with Gasteiger partial charge in [0.15, 0.2) is 0 Å². The zero-order valence-electron chi connectivity index (χ0n) is 23.6. The Bertz CT molecular complexity index is 1090. The Kier molecular flexibility index (Phi) is 7.04. The fourth-order valence-corrected chi connectivity index (χ4v) is 9.78. The lowest BCUT2D eigenvalue weighted by atomic mass is 9.53. The maximum absolute atomic E-state index is 12.1. The van der Waals surface area contributed by atoms with E-state index in [9.17, 15) is 4.21 Å². The van der Waals surface area contributed by atoms with E-state index in [-0.39, 0.29) is 0 Å². The number of rotatable bonds is 7. The Morgan fingerprint density at radius 2 is 1.59 bits per heavy atom. The van der Waals surface area contributed by atoms with E-state index in [0.717, 1.165) is 82.4 Å². The van der Waals surface area contributed by atoms with Gasteiger partial charge in [-0.15, -0.1) is 0 Å². The Morgan fingerprint density at radius 3 is 2.21 bits per heavy atom. The van der Waals surface area contributed by atoms with Crippen molar-refractivity contribution in [3.8, 4) is 5.75 Å². The molecule has 1 aromatic carbocycles. The smallest absolute Gasteiger partial charge is 0.210 e. The molecule has 8 heteroatoms. The molecule has 0 radical (unpaired) electrons. The average molecular weight is 559 g/mol. The highest BCUT2D eigenvalue weighted by Crippen LogP contribution is 2.64. The summed E-state index contributed by atoms with van der Waals surface area (Å²) >= 11 is 0. The number of benzene rings is 1. The van der Waals surface area contributed by atoms with Gasteiger partial charge in [0, 0.05) is 73.4 Å². The van der Waals surface area contributed by atoms with Crippen molar-refractivity contribution in [2.75, 3.05) is 45.6 Å². The first-order valence-electron chi connectivity index (χ1n) is 15.4. The van der Waals surface area contributed by atoms with E-state index in [2.05, 4.69) is 35.0 Å².